The van der Waals surface area contributed by atoms with E-state index in [2.05, 4.69) is 11.1 Å². The zero-order chi connectivity index (χ0) is 24.1. The number of carbonyl (C=O) groups is 2. The quantitative estimate of drug-likeness (QED) is 0.534. The van der Waals surface area contributed by atoms with Gasteiger partial charge in [0, 0.05) is 41.0 Å². The molecule has 0 bridgehead atoms. The predicted octanol–water partition coefficient (Wildman–Crippen LogP) is 4.17. The van der Waals surface area contributed by atoms with Crippen LogP contribution in [-0.2, 0) is 10.2 Å². The van der Waals surface area contributed by atoms with Crippen LogP contribution in [0.25, 0.3) is 11.1 Å². The third kappa shape index (κ3) is 5.13. The number of benzene rings is 2. The summed E-state index contributed by atoms with van der Waals surface area (Å²) in [5.74, 6) is -0.775. The maximum Gasteiger partial charge on any atom is 0.256 e. The summed E-state index contributed by atoms with van der Waals surface area (Å²) in [4.78, 5) is 31.3. The summed E-state index contributed by atoms with van der Waals surface area (Å²) < 4.78 is 0. The summed E-state index contributed by atoms with van der Waals surface area (Å²) in [6.07, 6.45) is 6.29. The number of carbonyl (C=O) groups excluding carboxylic acids is 2. The van der Waals surface area contributed by atoms with Crippen LogP contribution in [0.2, 0.25) is 5.02 Å². The minimum Gasteiger partial charge on any atom is -0.368 e. The highest BCUT2D eigenvalue weighted by Gasteiger charge is 2.39. The molecular weight excluding hydrogens is 448 g/mol. The molecule has 2 aromatic carbocycles. The third-order valence-corrected chi connectivity index (χ3v) is 7.10. The molecule has 0 unspecified atom stereocenters. The molecule has 4 rings (SSSR count). The zero-order valence-electron chi connectivity index (χ0n) is 19.0. The maximum absolute atomic E-state index is 13.5. The summed E-state index contributed by atoms with van der Waals surface area (Å²) in [5, 5.41) is 0.684. The van der Waals surface area contributed by atoms with E-state index >= 15 is 0 Å². The number of halogens is 1. The van der Waals surface area contributed by atoms with Crippen molar-refractivity contribution in [1.29, 1.82) is 0 Å². The van der Waals surface area contributed by atoms with E-state index in [1.54, 1.807) is 17.3 Å². The molecule has 0 aliphatic heterocycles. The number of hydrogen-bond acceptors (Lipinski definition) is 4. The van der Waals surface area contributed by atoms with Crippen LogP contribution in [0.4, 0.5) is 0 Å². The van der Waals surface area contributed by atoms with E-state index in [-0.39, 0.29) is 23.9 Å². The monoisotopic (exact) mass is 476 g/mol. The molecule has 0 saturated heterocycles. The van der Waals surface area contributed by atoms with Gasteiger partial charge in [-0.3, -0.25) is 14.6 Å². The summed E-state index contributed by atoms with van der Waals surface area (Å²) >= 11 is 6.23. The lowest BCUT2D eigenvalue weighted by molar-refractivity contribution is -0.119. The van der Waals surface area contributed by atoms with Gasteiger partial charge in [-0.1, -0.05) is 54.1 Å². The van der Waals surface area contributed by atoms with E-state index in [4.69, 9.17) is 23.1 Å². The van der Waals surface area contributed by atoms with E-state index < -0.39 is 5.91 Å². The largest absolute Gasteiger partial charge is 0.368 e. The standard InChI is InChI=1S/C27H29ClN4O2/c28-23-8-4-7-22(14-23)27(18-29)11-9-24(10-12-27)32(17-25(30)33)26(34)21-13-20(15-31-16-21)19-5-2-1-3-6-19/h1-8,13-16,24H,9-12,17-18,29H2,(H2,30,33)/t24-,27-. The summed E-state index contributed by atoms with van der Waals surface area (Å²) in [5.41, 5.74) is 15.0. The first-order valence-electron chi connectivity index (χ1n) is 11.5. The van der Waals surface area contributed by atoms with E-state index in [0.717, 1.165) is 29.5 Å². The van der Waals surface area contributed by atoms with Crippen LogP contribution in [-0.4, -0.2) is 40.8 Å². The van der Waals surface area contributed by atoms with Crippen molar-refractivity contribution in [2.24, 2.45) is 11.5 Å². The van der Waals surface area contributed by atoms with Gasteiger partial charge in [-0.05, 0) is 55.0 Å². The Morgan fingerprint density at radius 2 is 1.74 bits per heavy atom. The zero-order valence-corrected chi connectivity index (χ0v) is 19.7. The van der Waals surface area contributed by atoms with Gasteiger partial charge in [-0.15, -0.1) is 0 Å². The lowest BCUT2D eigenvalue weighted by atomic mass is 9.68. The molecular formula is C27H29ClN4O2. The number of nitrogens with two attached hydrogens (primary N) is 2. The fourth-order valence-corrected chi connectivity index (χ4v) is 5.13. The number of nitrogens with zero attached hydrogens (tertiary/aromatic N) is 2. The number of rotatable bonds is 7. The average Bonchev–Trinajstić information content (AvgIpc) is 2.87. The first-order chi connectivity index (χ1) is 16.4. The molecule has 6 nitrogen and oxygen atoms in total. The predicted molar refractivity (Wildman–Crippen MR) is 134 cm³/mol. The Balaban J connectivity index is 1.56. The van der Waals surface area contributed by atoms with Crippen molar-refractivity contribution >= 4 is 23.4 Å². The molecule has 7 heteroatoms. The minimum atomic E-state index is -0.536. The van der Waals surface area contributed by atoms with Gasteiger partial charge in [0.25, 0.3) is 5.91 Å². The fraction of sp³-hybridized carbons (Fsp3) is 0.296. The SMILES string of the molecule is NC[C@]1(c2cccc(Cl)c2)CC[C@H](N(CC(N)=O)C(=O)c2cncc(-c3ccccc3)c2)CC1. The topological polar surface area (TPSA) is 102 Å². The maximum atomic E-state index is 13.5. The van der Waals surface area contributed by atoms with Gasteiger partial charge in [0.05, 0.1) is 12.1 Å². The van der Waals surface area contributed by atoms with Crippen LogP contribution < -0.4 is 11.5 Å². The van der Waals surface area contributed by atoms with Crippen LogP contribution in [0.3, 0.4) is 0 Å². The molecule has 1 fully saturated rings. The van der Waals surface area contributed by atoms with Crippen LogP contribution in [0.5, 0.6) is 0 Å². The van der Waals surface area contributed by atoms with Gasteiger partial charge in [-0.2, -0.15) is 0 Å². The molecule has 1 aliphatic rings. The lowest BCUT2D eigenvalue weighted by Gasteiger charge is -2.43. The average molecular weight is 477 g/mol. The molecule has 4 N–H and O–H groups in total. The molecule has 0 spiro atoms. The molecule has 0 radical (unpaired) electrons. The van der Waals surface area contributed by atoms with Crippen LogP contribution >= 0.6 is 11.6 Å². The molecule has 1 heterocycles. The van der Waals surface area contributed by atoms with Crippen LogP contribution in [0.1, 0.15) is 41.6 Å². The molecule has 1 aliphatic carbocycles. The molecule has 176 valence electrons. The highest BCUT2D eigenvalue weighted by molar-refractivity contribution is 6.30. The van der Waals surface area contributed by atoms with Crippen LogP contribution in [0, 0.1) is 0 Å². The molecule has 0 atom stereocenters. The van der Waals surface area contributed by atoms with Gasteiger partial charge in [-0.25, -0.2) is 0 Å². The highest BCUT2D eigenvalue weighted by Crippen LogP contribution is 2.41. The van der Waals surface area contributed by atoms with E-state index in [1.807, 2.05) is 54.6 Å². The fourth-order valence-electron chi connectivity index (χ4n) is 4.94. The van der Waals surface area contributed by atoms with E-state index in [9.17, 15) is 9.59 Å². The molecule has 1 saturated carbocycles. The Labute approximate surface area is 204 Å². The van der Waals surface area contributed by atoms with Gasteiger partial charge in [0.1, 0.15) is 0 Å². The van der Waals surface area contributed by atoms with Crippen molar-refractivity contribution in [2.75, 3.05) is 13.1 Å². The molecule has 1 aromatic heterocycles. The van der Waals surface area contributed by atoms with E-state index in [1.165, 1.54) is 0 Å². The Hall–Kier alpha value is -3.22. The Kier molecular flexibility index (Phi) is 7.29. The number of pyridine rings is 1. The number of primary amides is 1. The summed E-state index contributed by atoms with van der Waals surface area (Å²) in [7, 11) is 0. The van der Waals surface area contributed by atoms with E-state index in [0.29, 0.717) is 30.0 Å². The van der Waals surface area contributed by atoms with Crippen molar-refractivity contribution in [3.8, 4) is 11.1 Å². The normalized spacial score (nSPS) is 20.0. The number of amides is 2. The number of hydrogen-bond donors (Lipinski definition) is 2. The molecule has 2 amide bonds. The first kappa shape index (κ1) is 23.9. The smallest absolute Gasteiger partial charge is 0.256 e. The van der Waals surface area contributed by atoms with Gasteiger partial charge in [0.2, 0.25) is 5.91 Å². The third-order valence-electron chi connectivity index (χ3n) is 6.86. The number of aromatic nitrogens is 1. The Bertz CT molecular complexity index is 1160. The highest BCUT2D eigenvalue weighted by atomic mass is 35.5. The summed E-state index contributed by atoms with van der Waals surface area (Å²) in [6.45, 7) is 0.360. The molecule has 34 heavy (non-hydrogen) atoms. The first-order valence-corrected chi connectivity index (χ1v) is 11.9. The van der Waals surface area contributed by atoms with Crippen molar-refractivity contribution in [2.45, 2.75) is 37.1 Å². The van der Waals surface area contributed by atoms with Crippen molar-refractivity contribution in [3.05, 3.63) is 89.2 Å². The molecule has 3 aromatic rings. The van der Waals surface area contributed by atoms with Gasteiger partial charge < -0.3 is 16.4 Å². The van der Waals surface area contributed by atoms with Gasteiger partial charge >= 0.3 is 0 Å². The second kappa shape index (κ2) is 10.4. The van der Waals surface area contributed by atoms with Crippen molar-refractivity contribution in [3.63, 3.8) is 0 Å². The second-order valence-electron chi connectivity index (χ2n) is 8.95. The Morgan fingerprint density at radius 1 is 1.00 bits per heavy atom. The van der Waals surface area contributed by atoms with Gasteiger partial charge in [0.15, 0.2) is 0 Å². The lowest BCUT2D eigenvalue weighted by Crippen LogP contribution is -2.50. The minimum absolute atomic E-state index is 0.112. The van der Waals surface area contributed by atoms with Crippen LogP contribution in [0.15, 0.2) is 73.1 Å². The van der Waals surface area contributed by atoms with Crippen molar-refractivity contribution in [1.82, 2.24) is 9.88 Å². The van der Waals surface area contributed by atoms with Crippen molar-refractivity contribution < 1.29 is 9.59 Å². The Morgan fingerprint density at radius 3 is 2.38 bits per heavy atom. The summed E-state index contributed by atoms with van der Waals surface area (Å²) in [6, 6.07) is 19.3. The second-order valence-corrected chi connectivity index (χ2v) is 9.39.